The van der Waals surface area contributed by atoms with E-state index in [9.17, 15) is 9.59 Å². The van der Waals surface area contributed by atoms with Crippen LogP contribution in [-0.2, 0) is 4.79 Å². The number of ether oxygens (including phenoxy) is 1. The van der Waals surface area contributed by atoms with Crippen molar-refractivity contribution in [3.8, 4) is 11.5 Å². The van der Waals surface area contributed by atoms with Crippen molar-refractivity contribution in [1.82, 2.24) is 5.32 Å². The summed E-state index contributed by atoms with van der Waals surface area (Å²) < 4.78 is 10.8. The quantitative estimate of drug-likeness (QED) is 0.691. The average molecular weight is 364 g/mol. The van der Waals surface area contributed by atoms with Crippen molar-refractivity contribution < 1.29 is 18.7 Å². The van der Waals surface area contributed by atoms with Crippen LogP contribution in [0.5, 0.6) is 11.5 Å². The number of rotatable bonds is 7. The first kappa shape index (κ1) is 18.3. The molecule has 3 rings (SSSR count). The highest BCUT2D eigenvalue weighted by molar-refractivity contribution is 5.93. The van der Waals surface area contributed by atoms with Crippen molar-refractivity contribution in [2.24, 2.45) is 0 Å². The van der Waals surface area contributed by atoms with Gasteiger partial charge >= 0.3 is 0 Å². The van der Waals surface area contributed by atoms with Crippen LogP contribution in [0.15, 0.2) is 77.4 Å². The number of hydrogen-bond acceptors (Lipinski definition) is 4. The van der Waals surface area contributed by atoms with Gasteiger partial charge in [-0.3, -0.25) is 9.59 Å². The topological polar surface area (TPSA) is 71.8 Å². The minimum Gasteiger partial charge on any atom is -0.459 e. The van der Waals surface area contributed by atoms with E-state index in [1.165, 1.54) is 13.2 Å². The van der Waals surface area contributed by atoms with E-state index < -0.39 is 0 Å². The third-order valence-electron chi connectivity index (χ3n) is 3.87. The number of para-hydroxylation sites is 1. The summed E-state index contributed by atoms with van der Waals surface area (Å²) in [6.45, 7) is 2.14. The van der Waals surface area contributed by atoms with Gasteiger partial charge in [0, 0.05) is 25.7 Å². The fourth-order valence-corrected chi connectivity index (χ4v) is 2.56. The van der Waals surface area contributed by atoms with Crippen molar-refractivity contribution in [3.05, 3.63) is 78.8 Å². The molecule has 0 unspecified atom stereocenters. The number of benzene rings is 2. The van der Waals surface area contributed by atoms with Gasteiger partial charge < -0.3 is 19.4 Å². The molecule has 1 aromatic heterocycles. The van der Waals surface area contributed by atoms with E-state index in [0.717, 1.165) is 11.4 Å². The van der Waals surface area contributed by atoms with E-state index in [1.807, 2.05) is 42.5 Å². The summed E-state index contributed by atoms with van der Waals surface area (Å²) in [6.07, 6.45) is 1.44. The lowest BCUT2D eigenvalue weighted by Crippen LogP contribution is -2.37. The van der Waals surface area contributed by atoms with Crippen LogP contribution in [0.1, 0.15) is 17.5 Å². The highest BCUT2D eigenvalue weighted by Crippen LogP contribution is 2.24. The molecule has 0 aliphatic heterocycles. The average Bonchev–Trinajstić information content (AvgIpc) is 3.21. The number of nitrogens with one attached hydrogen (secondary N) is 1. The molecule has 0 aliphatic carbocycles. The van der Waals surface area contributed by atoms with E-state index in [2.05, 4.69) is 5.32 Å². The third-order valence-corrected chi connectivity index (χ3v) is 3.87. The van der Waals surface area contributed by atoms with Gasteiger partial charge in [-0.15, -0.1) is 0 Å². The van der Waals surface area contributed by atoms with E-state index in [0.29, 0.717) is 18.8 Å². The van der Waals surface area contributed by atoms with Gasteiger partial charge in [0.15, 0.2) is 5.76 Å². The molecule has 1 N–H and O–H groups in total. The Hall–Kier alpha value is -3.54. The van der Waals surface area contributed by atoms with E-state index in [4.69, 9.17) is 9.15 Å². The molecule has 0 saturated carbocycles. The fourth-order valence-electron chi connectivity index (χ4n) is 2.56. The van der Waals surface area contributed by atoms with Crippen molar-refractivity contribution in [1.29, 1.82) is 0 Å². The molecule has 6 heteroatoms. The Morgan fingerprint density at radius 3 is 2.30 bits per heavy atom. The molecule has 3 aromatic rings. The van der Waals surface area contributed by atoms with Crippen molar-refractivity contribution in [2.45, 2.75) is 6.92 Å². The van der Waals surface area contributed by atoms with Crippen molar-refractivity contribution in [3.63, 3.8) is 0 Å². The largest absolute Gasteiger partial charge is 0.459 e. The second kappa shape index (κ2) is 8.71. The summed E-state index contributed by atoms with van der Waals surface area (Å²) in [5.74, 6) is 1.25. The zero-order chi connectivity index (χ0) is 19.1. The first-order valence-corrected chi connectivity index (χ1v) is 8.56. The monoisotopic (exact) mass is 364 g/mol. The molecule has 0 fully saturated rings. The highest BCUT2D eigenvalue weighted by Gasteiger charge is 2.13. The van der Waals surface area contributed by atoms with Gasteiger partial charge in [-0.1, -0.05) is 18.2 Å². The van der Waals surface area contributed by atoms with Crippen LogP contribution in [0, 0.1) is 0 Å². The molecular formula is C21H20N2O4. The lowest BCUT2D eigenvalue weighted by atomic mass is 10.2. The second-order valence-electron chi connectivity index (χ2n) is 5.81. The Kier molecular flexibility index (Phi) is 5.89. The maximum Gasteiger partial charge on any atom is 0.287 e. The molecule has 1 heterocycles. The normalized spacial score (nSPS) is 10.3. The molecule has 27 heavy (non-hydrogen) atoms. The summed E-state index contributed by atoms with van der Waals surface area (Å²) >= 11 is 0. The Balaban J connectivity index is 1.59. The summed E-state index contributed by atoms with van der Waals surface area (Å²) in [7, 11) is 0. The van der Waals surface area contributed by atoms with Gasteiger partial charge in [-0.05, 0) is 48.5 Å². The van der Waals surface area contributed by atoms with Crippen LogP contribution >= 0.6 is 0 Å². The molecule has 0 aliphatic rings. The molecule has 0 bridgehead atoms. The van der Waals surface area contributed by atoms with Gasteiger partial charge in [0.25, 0.3) is 5.91 Å². The zero-order valence-electron chi connectivity index (χ0n) is 14.9. The first-order chi connectivity index (χ1) is 13.1. The summed E-state index contributed by atoms with van der Waals surface area (Å²) in [5.41, 5.74) is 0.732. The predicted molar refractivity (Wildman–Crippen MR) is 102 cm³/mol. The number of hydrogen-bond donors (Lipinski definition) is 1. The highest BCUT2D eigenvalue weighted by atomic mass is 16.5. The summed E-state index contributed by atoms with van der Waals surface area (Å²) in [5, 5.41) is 2.73. The fraction of sp³-hybridized carbons (Fsp3) is 0.143. The molecule has 0 saturated heterocycles. The van der Waals surface area contributed by atoms with Crippen LogP contribution in [0.4, 0.5) is 5.69 Å². The maximum atomic E-state index is 12.0. The molecule has 138 valence electrons. The number of carbonyl (C=O) groups excluding carboxylic acids is 2. The van der Waals surface area contributed by atoms with Gasteiger partial charge in [-0.25, -0.2) is 0 Å². The molecule has 2 aromatic carbocycles. The third kappa shape index (κ3) is 4.98. The SMILES string of the molecule is CC(=O)N(CCNC(=O)c1ccco1)c1ccc(Oc2ccccc2)cc1. The zero-order valence-corrected chi connectivity index (χ0v) is 14.9. The molecule has 0 atom stereocenters. The summed E-state index contributed by atoms with van der Waals surface area (Å²) in [6, 6.07) is 19.9. The number of nitrogens with zero attached hydrogens (tertiary/aromatic N) is 1. The molecule has 2 amide bonds. The molecule has 0 radical (unpaired) electrons. The minimum absolute atomic E-state index is 0.112. The molecular weight excluding hydrogens is 344 g/mol. The smallest absolute Gasteiger partial charge is 0.287 e. The Morgan fingerprint density at radius 2 is 1.67 bits per heavy atom. The molecule has 0 spiro atoms. The summed E-state index contributed by atoms with van der Waals surface area (Å²) in [4.78, 5) is 25.5. The maximum absolute atomic E-state index is 12.0. The lowest BCUT2D eigenvalue weighted by Gasteiger charge is -2.21. The van der Waals surface area contributed by atoms with Gasteiger partial charge in [0.1, 0.15) is 11.5 Å². The number of carbonyl (C=O) groups is 2. The van der Waals surface area contributed by atoms with Gasteiger partial charge in [0.2, 0.25) is 5.91 Å². The standard InChI is InChI=1S/C21H20N2O4/c1-16(24)23(14-13-22-21(25)20-8-5-15-26-20)17-9-11-19(12-10-17)27-18-6-3-2-4-7-18/h2-12,15H,13-14H2,1H3,(H,22,25). The van der Waals surface area contributed by atoms with Gasteiger partial charge in [-0.2, -0.15) is 0 Å². The Labute approximate surface area is 157 Å². The van der Waals surface area contributed by atoms with E-state index >= 15 is 0 Å². The van der Waals surface area contributed by atoms with Gasteiger partial charge in [0.05, 0.1) is 6.26 Å². The van der Waals surface area contributed by atoms with Crippen LogP contribution in [0.25, 0.3) is 0 Å². The van der Waals surface area contributed by atoms with Crippen LogP contribution < -0.4 is 15.0 Å². The first-order valence-electron chi connectivity index (χ1n) is 8.56. The number of amides is 2. The second-order valence-corrected chi connectivity index (χ2v) is 5.81. The number of furan rings is 1. The number of anilines is 1. The Bertz CT molecular complexity index is 874. The van der Waals surface area contributed by atoms with Crippen LogP contribution in [0.3, 0.4) is 0 Å². The predicted octanol–water partition coefficient (Wildman–Crippen LogP) is 3.85. The van der Waals surface area contributed by atoms with Crippen LogP contribution in [0.2, 0.25) is 0 Å². The van der Waals surface area contributed by atoms with Crippen LogP contribution in [-0.4, -0.2) is 24.9 Å². The van der Waals surface area contributed by atoms with Crippen molar-refractivity contribution in [2.75, 3.05) is 18.0 Å². The van der Waals surface area contributed by atoms with E-state index in [-0.39, 0.29) is 17.6 Å². The lowest BCUT2D eigenvalue weighted by molar-refractivity contribution is -0.116. The van der Waals surface area contributed by atoms with E-state index in [1.54, 1.807) is 29.2 Å². The molecule has 6 nitrogen and oxygen atoms in total. The van der Waals surface area contributed by atoms with Crippen molar-refractivity contribution >= 4 is 17.5 Å². The Morgan fingerprint density at radius 1 is 0.963 bits per heavy atom. The minimum atomic E-state index is -0.310.